The summed E-state index contributed by atoms with van der Waals surface area (Å²) in [5.41, 5.74) is 0.597. The fourth-order valence-corrected chi connectivity index (χ4v) is 4.44. The minimum Gasteiger partial charge on any atom is -0.354 e. The molecule has 1 saturated carbocycles. The minimum atomic E-state index is -0.399. The lowest BCUT2D eigenvalue weighted by atomic mass is 9.91. The molecule has 1 heterocycles. The Labute approximate surface area is 168 Å². The highest BCUT2D eigenvalue weighted by Crippen LogP contribution is 2.24. The van der Waals surface area contributed by atoms with E-state index in [0.29, 0.717) is 18.5 Å². The maximum atomic E-state index is 12.8. The molecule has 3 rings (SSSR count). The highest BCUT2D eigenvalue weighted by atomic mass is 79.9. The number of likely N-dealkylation sites (tertiary alicyclic amines) is 1. The number of hydrogen-bond acceptors (Lipinski definition) is 3. The molecule has 27 heavy (non-hydrogen) atoms. The number of carbonyl (C=O) groups is 3. The van der Waals surface area contributed by atoms with Crippen molar-refractivity contribution in [2.45, 2.75) is 63.6 Å². The summed E-state index contributed by atoms with van der Waals surface area (Å²) in [4.78, 5) is 38.5. The molecule has 2 aliphatic rings. The maximum Gasteiger partial charge on any atom is 0.254 e. The van der Waals surface area contributed by atoms with E-state index in [2.05, 4.69) is 26.6 Å². The molecule has 3 amide bonds. The topological polar surface area (TPSA) is 78.5 Å². The van der Waals surface area contributed by atoms with Crippen molar-refractivity contribution in [2.75, 3.05) is 6.54 Å². The molecule has 0 radical (unpaired) electrons. The van der Waals surface area contributed by atoms with Crippen LogP contribution < -0.4 is 10.6 Å². The van der Waals surface area contributed by atoms with E-state index in [-0.39, 0.29) is 29.8 Å². The van der Waals surface area contributed by atoms with Crippen molar-refractivity contribution in [1.82, 2.24) is 15.5 Å². The zero-order valence-corrected chi connectivity index (χ0v) is 17.1. The van der Waals surface area contributed by atoms with E-state index in [0.717, 1.165) is 36.6 Å². The number of halogens is 1. The first-order valence-corrected chi connectivity index (χ1v) is 10.4. The summed E-state index contributed by atoms with van der Waals surface area (Å²) in [5, 5.41) is 6.07. The molecule has 2 N–H and O–H groups in total. The van der Waals surface area contributed by atoms with Gasteiger partial charge < -0.3 is 15.5 Å². The molecule has 1 aliphatic heterocycles. The van der Waals surface area contributed by atoms with Gasteiger partial charge in [0.2, 0.25) is 11.8 Å². The Morgan fingerprint density at radius 1 is 1.04 bits per heavy atom. The van der Waals surface area contributed by atoms with Crippen LogP contribution in [0.25, 0.3) is 0 Å². The van der Waals surface area contributed by atoms with Gasteiger partial charge in [0.25, 0.3) is 5.91 Å². The Balaban J connectivity index is 1.56. The smallest absolute Gasteiger partial charge is 0.254 e. The number of benzene rings is 1. The molecule has 1 atom stereocenters. The van der Waals surface area contributed by atoms with Gasteiger partial charge in [-0.15, -0.1) is 0 Å². The molecule has 0 unspecified atom stereocenters. The Hall–Kier alpha value is -1.89. The van der Waals surface area contributed by atoms with Crippen molar-refractivity contribution in [1.29, 1.82) is 0 Å². The van der Waals surface area contributed by atoms with E-state index in [9.17, 15) is 14.4 Å². The van der Waals surface area contributed by atoms with Gasteiger partial charge in [-0.25, -0.2) is 0 Å². The van der Waals surface area contributed by atoms with E-state index >= 15 is 0 Å². The number of carbonyl (C=O) groups excluding carboxylic acids is 3. The largest absolute Gasteiger partial charge is 0.354 e. The van der Waals surface area contributed by atoms with Crippen molar-refractivity contribution in [3.05, 3.63) is 34.3 Å². The molecule has 1 aromatic rings. The molecular formula is C20H26BrN3O3. The fourth-order valence-electron chi connectivity index (χ4n) is 4.04. The summed E-state index contributed by atoms with van der Waals surface area (Å²) in [6.07, 6.45) is 4.98. The molecule has 0 aromatic heterocycles. The molecule has 7 heteroatoms. The fraction of sp³-hybridized carbons (Fsp3) is 0.550. The predicted octanol–water partition coefficient (Wildman–Crippen LogP) is 2.62. The van der Waals surface area contributed by atoms with Crippen molar-refractivity contribution in [3.63, 3.8) is 0 Å². The highest BCUT2D eigenvalue weighted by molar-refractivity contribution is 9.10. The summed E-state index contributed by atoms with van der Waals surface area (Å²) in [7, 11) is 0. The third-order valence-corrected chi connectivity index (χ3v) is 5.86. The number of amides is 3. The molecule has 1 aromatic carbocycles. The van der Waals surface area contributed by atoms with E-state index in [1.54, 1.807) is 17.0 Å². The van der Waals surface area contributed by atoms with Crippen LogP contribution >= 0.6 is 15.9 Å². The van der Waals surface area contributed by atoms with E-state index in [1.165, 1.54) is 6.92 Å². The molecule has 0 bridgehead atoms. The SMILES string of the molecule is CC(=O)NC1CCC(NC(=O)[C@H]2CCCN2C(=O)c2cccc(Br)c2)CC1. The first-order chi connectivity index (χ1) is 12.9. The second-order valence-corrected chi connectivity index (χ2v) is 8.34. The van der Waals surface area contributed by atoms with Gasteiger partial charge in [-0.2, -0.15) is 0 Å². The number of nitrogens with one attached hydrogen (secondary N) is 2. The first kappa shape index (κ1) is 19.9. The van der Waals surface area contributed by atoms with Crippen molar-refractivity contribution < 1.29 is 14.4 Å². The van der Waals surface area contributed by atoms with Crippen LogP contribution in [-0.2, 0) is 9.59 Å². The number of hydrogen-bond donors (Lipinski definition) is 2. The zero-order valence-electron chi connectivity index (χ0n) is 15.5. The predicted molar refractivity (Wildman–Crippen MR) is 106 cm³/mol. The minimum absolute atomic E-state index is 0.00450. The molecule has 2 fully saturated rings. The summed E-state index contributed by atoms with van der Waals surface area (Å²) in [5.74, 6) is -0.155. The highest BCUT2D eigenvalue weighted by Gasteiger charge is 2.35. The van der Waals surface area contributed by atoms with Gasteiger partial charge in [0.1, 0.15) is 6.04 Å². The Morgan fingerprint density at radius 3 is 2.33 bits per heavy atom. The van der Waals surface area contributed by atoms with Gasteiger partial charge >= 0.3 is 0 Å². The molecule has 146 valence electrons. The average molecular weight is 436 g/mol. The second kappa shape index (κ2) is 8.87. The second-order valence-electron chi connectivity index (χ2n) is 7.42. The van der Waals surface area contributed by atoms with E-state index in [4.69, 9.17) is 0 Å². The number of nitrogens with zero attached hydrogens (tertiary/aromatic N) is 1. The van der Waals surface area contributed by atoms with Gasteiger partial charge in [0, 0.05) is 35.6 Å². The zero-order chi connectivity index (χ0) is 19.4. The monoisotopic (exact) mass is 435 g/mol. The van der Waals surface area contributed by atoms with Gasteiger partial charge in [-0.1, -0.05) is 22.0 Å². The quantitative estimate of drug-likeness (QED) is 0.762. The lowest BCUT2D eigenvalue weighted by molar-refractivity contribution is -0.126. The van der Waals surface area contributed by atoms with Crippen LogP contribution in [-0.4, -0.2) is 47.3 Å². The summed E-state index contributed by atoms with van der Waals surface area (Å²) in [6, 6.07) is 7.20. The first-order valence-electron chi connectivity index (χ1n) is 9.58. The van der Waals surface area contributed by atoms with E-state index < -0.39 is 6.04 Å². The van der Waals surface area contributed by atoms with Gasteiger partial charge in [0.05, 0.1) is 0 Å². The molecule has 0 spiro atoms. The van der Waals surface area contributed by atoms with Gasteiger partial charge in [-0.05, 0) is 56.7 Å². The molecular weight excluding hydrogens is 410 g/mol. The standard InChI is InChI=1S/C20H26BrN3O3/c1-13(25)22-16-7-9-17(10-8-16)23-19(26)18-6-3-11-24(18)20(27)14-4-2-5-15(21)12-14/h2,4-5,12,16-18H,3,6-11H2,1H3,(H,22,25)(H,23,26)/t16?,17?,18-/m1/s1. The van der Waals surface area contributed by atoms with Gasteiger partial charge in [-0.3, -0.25) is 14.4 Å². The molecule has 1 aliphatic carbocycles. The Morgan fingerprint density at radius 2 is 1.70 bits per heavy atom. The van der Waals surface area contributed by atoms with Crippen molar-refractivity contribution >= 4 is 33.7 Å². The van der Waals surface area contributed by atoms with Crippen molar-refractivity contribution in [2.24, 2.45) is 0 Å². The van der Waals surface area contributed by atoms with Gasteiger partial charge in [0.15, 0.2) is 0 Å². The van der Waals surface area contributed by atoms with Crippen LogP contribution in [0.4, 0.5) is 0 Å². The lowest BCUT2D eigenvalue weighted by Crippen LogP contribution is -2.50. The van der Waals surface area contributed by atoms with Crippen LogP contribution in [0.3, 0.4) is 0 Å². The average Bonchev–Trinajstić information content (AvgIpc) is 3.12. The van der Waals surface area contributed by atoms with Crippen LogP contribution in [0.1, 0.15) is 55.8 Å². The summed E-state index contributed by atoms with van der Waals surface area (Å²) in [6.45, 7) is 2.14. The van der Waals surface area contributed by atoms with Crippen LogP contribution in [0.2, 0.25) is 0 Å². The Bertz CT molecular complexity index is 716. The maximum absolute atomic E-state index is 12.8. The van der Waals surface area contributed by atoms with E-state index in [1.807, 2.05) is 12.1 Å². The molecule has 6 nitrogen and oxygen atoms in total. The van der Waals surface area contributed by atoms with Crippen LogP contribution in [0.15, 0.2) is 28.7 Å². The number of rotatable bonds is 4. The summed E-state index contributed by atoms with van der Waals surface area (Å²) < 4.78 is 0.851. The lowest BCUT2D eigenvalue weighted by Gasteiger charge is -2.31. The normalized spacial score (nSPS) is 25.1. The third-order valence-electron chi connectivity index (χ3n) is 5.37. The van der Waals surface area contributed by atoms with Crippen LogP contribution in [0.5, 0.6) is 0 Å². The molecule has 1 saturated heterocycles. The van der Waals surface area contributed by atoms with Crippen molar-refractivity contribution in [3.8, 4) is 0 Å². The summed E-state index contributed by atoms with van der Waals surface area (Å²) >= 11 is 3.39. The van der Waals surface area contributed by atoms with Crippen LogP contribution in [0, 0.1) is 0 Å². The Kier molecular flexibility index (Phi) is 6.52. The third kappa shape index (κ3) is 5.09.